The molecule has 18 heavy (non-hydrogen) atoms. The van der Waals surface area contributed by atoms with Gasteiger partial charge in [0.1, 0.15) is 18.2 Å². The van der Waals surface area contributed by atoms with Crippen molar-refractivity contribution in [2.75, 3.05) is 6.61 Å². The van der Waals surface area contributed by atoms with Crippen molar-refractivity contribution in [1.82, 2.24) is 0 Å². The van der Waals surface area contributed by atoms with Crippen molar-refractivity contribution in [2.45, 2.75) is 6.92 Å². The van der Waals surface area contributed by atoms with Crippen molar-refractivity contribution in [3.8, 4) is 29.2 Å². The number of aryl methyl sites for hydroxylation is 1. The highest BCUT2D eigenvalue weighted by atomic mass is 19.1. The molecule has 0 unspecified atom stereocenters. The summed E-state index contributed by atoms with van der Waals surface area (Å²) in [5, 5.41) is 0. The van der Waals surface area contributed by atoms with E-state index in [4.69, 9.17) is 11.2 Å². The van der Waals surface area contributed by atoms with E-state index in [2.05, 4.69) is 12.0 Å². The predicted octanol–water partition coefficient (Wildman–Crippen LogP) is 3.61. The first-order chi connectivity index (χ1) is 8.72. The van der Waals surface area contributed by atoms with Crippen LogP contribution < -0.4 is 4.74 Å². The summed E-state index contributed by atoms with van der Waals surface area (Å²) in [4.78, 5) is 0. The summed E-state index contributed by atoms with van der Waals surface area (Å²) in [6, 6.07) is 13.2. The quantitative estimate of drug-likeness (QED) is 0.743. The molecular formula is C16H12FO. The molecule has 0 spiro atoms. The van der Waals surface area contributed by atoms with Crippen LogP contribution in [0, 0.1) is 31.2 Å². The fraction of sp³-hybridized carbons (Fsp3) is 0.125. The van der Waals surface area contributed by atoms with Crippen molar-refractivity contribution < 1.29 is 9.13 Å². The smallest absolute Gasteiger partial charge is 0.148 e. The van der Waals surface area contributed by atoms with Crippen molar-refractivity contribution in [3.63, 3.8) is 0 Å². The Morgan fingerprint density at radius 2 is 2.17 bits per heavy atom. The van der Waals surface area contributed by atoms with Gasteiger partial charge in [-0.1, -0.05) is 30.2 Å². The first kappa shape index (κ1) is 12.2. The molecule has 0 fully saturated rings. The number of hydrogen-bond acceptors (Lipinski definition) is 1. The molecule has 0 aromatic heterocycles. The monoisotopic (exact) mass is 239 g/mol. The summed E-state index contributed by atoms with van der Waals surface area (Å²) >= 11 is 0. The Morgan fingerprint density at radius 3 is 2.89 bits per heavy atom. The van der Waals surface area contributed by atoms with E-state index in [1.54, 1.807) is 12.1 Å². The van der Waals surface area contributed by atoms with E-state index in [-0.39, 0.29) is 12.4 Å². The maximum Gasteiger partial charge on any atom is 0.148 e. The van der Waals surface area contributed by atoms with Gasteiger partial charge < -0.3 is 4.74 Å². The van der Waals surface area contributed by atoms with Gasteiger partial charge >= 0.3 is 0 Å². The van der Waals surface area contributed by atoms with E-state index in [1.165, 1.54) is 12.1 Å². The minimum atomic E-state index is -0.248. The topological polar surface area (TPSA) is 9.23 Å². The Morgan fingerprint density at radius 1 is 1.33 bits per heavy atom. The molecule has 89 valence electrons. The molecule has 0 saturated carbocycles. The molecule has 2 aromatic carbocycles. The molecule has 0 N–H and O–H groups in total. The number of halogens is 1. The van der Waals surface area contributed by atoms with Crippen LogP contribution in [0.4, 0.5) is 4.39 Å². The lowest BCUT2D eigenvalue weighted by Gasteiger charge is -2.11. The number of rotatable bonds is 3. The molecule has 0 saturated heterocycles. The lowest BCUT2D eigenvalue weighted by molar-refractivity contribution is 0.371. The molecule has 2 heteroatoms. The van der Waals surface area contributed by atoms with Crippen molar-refractivity contribution in [3.05, 3.63) is 53.8 Å². The average molecular weight is 239 g/mol. The van der Waals surface area contributed by atoms with E-state index in [0.29, 0.717) is 5.75 Å². The molecule has 0 aliphatic carbocycles. The molecule has 0 amide bonds. The van der Waals surface area contributed by atoms with Crippen LogP contribution in [0.2, 0.25) is 0 Å². The lowest BCUT2D eigenvalue weighted by atomic mass is 10.00. The third kappa shape index (κ3) is 2.52. The maximum absolute atomic E-state index is 13.1. The Labute approximate surface area is 106 Å². The molecule has 1 nitrogen and oxygen atoms in total. The molecule has 0 atom stereocenters. The van der Waals surface area contributed by atoms with E-state index >= 15 is 0 Å². The molecule has 0 heterocycles. The van der Waals surface area contributed by atoms with Gasteiger partial charge in [-0.05, 0) is 30.2 Å². The van der Waals surface area contributed by atoms with Gasteiger partial charge in [-0.15, -0.1) is 6.42 Å². The van der Waals surface area contributed by atoms with E-state index in [0.717, 1.165) is 16.7 Å². The van der Waals surface area contributed by atoms with Gasteiger partial charge in [0.2, 0.25) is 0 Å². The molecular weight excluding hydrogens is 227 g/mol. The zero-order valence-electron chi connectivity index (χ0n) is 10.0. The summed E-state index contributed by atoms with van der Waals surface area (Å²) in [5.41, 5.74) is 2.63. The molecule has 2 rings (SSSR count). The third-order valence-corrected chi connectivity index (χ3v) is 2.60. The summed E-state index contributed by atoms with van der Waals surface area (Å²) in [5.74, 6) is 2.76. The third-order valence-electron chi connectivity index (χ3n) is 2.60. The molecule has 2 aromatic rings. The Bertz CT molecular complexity index is 596. The van der Waals surface area contributed by atoms with Crippen molar-refractivity contribution in [1.29, 1.82) is 0 Å². The highest BCUT2D eigenvalue weighted by molar-refractivity contribution is 5.72. The Hall–Kier alpha value is -2.27. The van der Waals surface area contributed by atoms with Crippen LogP contribution in [0.1, 0.15) is 5.56 Å². The fourth-order valence-electron chi connectivity index (χ4n) is 1.80. The van der Waals surface area contributed by atoms with E-state index in [1.807, 2.05) is 19.1 Å². The zero-order chi connectivity index (χ0) is 13.0. The number of para-hydroxylation sites is 1. The molecule has 0 aliphatic heterocycles. The first-order valence-electron chi connectivity index (χ1n) is 5.56. The van der Waals surface area contributed by atoms with Gasteiger partial charge in [0.05, 0.1) is 0 Å². The number of hydrogen-bond donors (Lipinski definition) is 0. The fourth-order valence-corrected chi connectivity index (χ4v) is 1.80. The van der Waals surface area contributed by atoms with Crippen LogP contribution in [0.15, 0.2) is 36.4 Å². The van der Waals surface area contributed by atoms with Crippen molar-refractivity contribution in [2.24, 2.45) is 0 Å². The summed E-state index contributed by atoms with van der Waals surface area (Å²) in [6.07, 6.45) is 5.18. The second kappa shape index (κ2) is 5.37. The Kier molecular flexibility index (Phi) is 3.64. The van der Waals surface area contributed by atoms with E-state index < -0.39 is 0 Å². The summed E-state index contributed by atoms with van der Waals surface area (Å²) < 4.78 is 18.5. The summed E-state index contributed by atoms with van der Waals surface area (Å²) in [7, 11) is 0. The summed E-state index contributed by atoms with van der Waals surface area (Å²) in [6.45, 7) is 2.05. The van der Waals surface area contributed by atoms with E-state index in [9.17, 15) is 4.39 Å². The number of benzene rings is 2. The standard InChI is InChI=1S/C16H12FO/c1-3-10-18-16-7-5-4-6-15(16)14-9-8-13(17)11-12(14)2/h1,4-6,8-9,11H,10H2,2H3. The highest BCUT2D eigenvalue weighted by Gasteiger charge is 2.08. The van der Waals surface area contributed by atoms with Crippen LogP contribution in [0.25, 0.3) is 11.1 Å². The molecule has 0 aliphatic rings. The lowest BCUT2D eigenvalue weighted by Crippen LogP contribution is -1.96. The molecule has 1 radical (unpaired) electrons. The zero-order valence-corrected chi connectivity index (χ0v) is 10.0. The minimum Gasteiger partial charge on any atom is -0.480 e. The average Bonchev–Trinajstić information content (AvgIpc) is 2.37. The largest absolute Gasteiger partial charge is 0.480 e. The predicted molar refractivity (Wildman–Crippen MR) is 69.7 cm³/mol. The second-order valence-corrected chi connectivity index (χ2v) is 3.86. The van der Waals surface area contributed by atoms with Gasteiger partial charge in [0.15, 0.2) is 0 Å². The van der Waals surface area contributed by atoms with Crippen LogP contribution in [0.3, 0.4) is 0 Å². The normalized spacial score (nSPS) is 9.83. The van der Waals surface area contributed by atoms with Gasteiger partial charge in [-0.3, -0.25) is 0 Å². The number of ether oxygens (including phenoxy) is 1. The minimum absolute atomic E-state index is 0.188. The van der Waals surface area contributed by atoms with Crippen LogP contribution >= 0.6 is 0 Å². The SMILES string of the molecule is C#CCOc1[c]cccc1-c1ccc(F)cc1C. The number of terminal acetylenes is 1. The van der Waals surface area contributed by atoms with Crippen LogP contribution in [-0.2, 0) is 0 Å². The highest BCUT2D eigenvalue weighted by Crippen LogP contribution is 2.31. The van der Waals surface area contributed by atoms with Gasteiger partial charge in [-0.2, -0.15) is 0 Å². The van der Waals surface area contributed by atoms with Gasteiger partial charge in [0, 0.05) is 11.6 Å². The van der Waals surface area contributed by atoms with Gasteiger partial charge in [0.25, 0.3) is 0 Å². The molecule has 0 bridgehead atoms. The van der Waals surface area contributed by atoms with Crippen LogP contribution in [-0.4, -0.2) is 6.61 Å². The second-order valence-electron chi connectivity index (χ2n) is 3.86. The first-order valence-corrected chi connectivity index (χ1v) is 5.56. The van der Waals surface area contributed by atoms with Crippen LogP contribution in [0.5, 0.6) is 5.75 Å². The maximum atomic E-state index is 13.1. The van der Waals surface area contributed by atoms with Gasteiger partial charge in [-0.25, -0.2) is 4.39 Å². The van der Waals surface area contributed by atoms with Crippen molar-refractivity contribution >= 4 is 0 Å². The Balaban J connectivity index is 2.47.